The van der Waals surface area contributed by atoms with Crippen LogP contribution in [0.15, 0.2) is 59.6 Å². The van der Waals surface area contributed by atoms with Crippen LogP contribution in [0.3, 0.4) is 0 Å². The number of pyridine rings is 1. The molecule has 1 unspecified atom stereocenters. The Morgan fingerprint density at radius 1 is 1.07 bits per heavy atom. The minimum absolute atomic E-state index is 0.149. The van der Waals surface area contributed by atoms with Gasteiger partial charge in [-0.1, -0.05) is 18.2 Å². The first kappa shape index (κ1) is 30.4. The minimum atomic E-state index is -0.928. The zero-order valence-corrected chi connectivity index (χ0v) is 26.6. The van der Waals surface area contributed by atoms with Crippen LogP contribution in [-0.2, 0) is 24.4 Å². The van der Waals surface area contributed by atoms with Gasteiger partial charge in [-0.2, -0.15) is 0 Å². The van der Waals surface area contributed by atoms with Gasteiger partial charge in [0.05, 0.1) is 35.8 Å². The number of nitrogens with zero attached hydrogens (tertiary/aromatic N) is 5. The van der Waals surface area contributed by atoms with Gasteiger partial charge >= 0.3 is 5.97 Å². The van der Waals surface area contributed by atoms with Crippen molar-refractivity contribution in [2.75, 3.05) is 39.1 Å². The van der Waals surface area contributed by atoms with Gasteiger partial charge in [0, 0.05) is 61.3 Å². The number of aromatic nitrogens is 3. The molecular formula is C36H42N6O4. The minimum Gasteiger partial charge on any atom is -0.478 e. The molecule has 2 aliphatic heterocycles. The average Bonchev–Trinajstić information content (AvgIpc) is 3.84. The number of likely N-dealkylation sites (tertiary alicyclic amines) is 1. The molecule has 0 spiro atoms. The maximum atomic E-state index is 11.6. The predicted molar refractivity (Wildman–Crippen MR) is 178 cm³/mol. The van der Waals surface area contributed by atoms with Crippen LogP contribution in [0, 0.1) is 5.92 Å². The van der Waals surface area contributed by atoms with Gasteiger partial charge in [-0.25, -0.2) is 14.8 Å². The fourth-order valence-corrected chi connectivity index (χ4v) is 6.74. The van der Waals surface area contributed by atoms with E-state index in [1.165, 1.54) is 24.1 Å². The van der Waals surface area contributed by atoms with E-state index in [4.69, 9.17) is 19.4 Å². The number of benzene rings is 2. The molecule has 240 valence electrons. The molecule has 10 nitrogen and oxygen atoms in total. The number of imidazole rings is 1. The summed E-state index contributed by atoms with van der Waals surface area (Å²) in [5.41, 5.74) is 7.58. The van der Waals surface area contributed by atoms with Crippen molar-refractivity contribution in [3.8, 4) is 5.88 Å². The number of aliphatic imine (C=N–C) groups is 1. The van der Waals surface area contributed by atoms with E-state index < -0.39 is 5.97 Å². The van der Waals surface area contributed by atoms with E-state index >= 15 is 0 Å². The molecule has 2 aromatic carbocycles. The zero-order valence-electron chi connectivity index (χ0n) is 26.6. The summed E-state index contributed by atoms with van der Waals surface area (Å²) in [5.74, 6) is 1.63. The van der Waals surface area contributed by atoms with E-state index in [1.807, 2.05) is 32.3 Å². The van der Waals surface area contributed by atoms with Gasteiger partial charge in [0.1, 0.15) is 12.4 Å². The first-order valence-electron chi connectivity index (χ1n) is 16.4. The van der Waals surface area contributed by atoms with Crippen LogP contribution in [0.4, 0.5) is 5.69 Å². The molecule has 1 atom stereocenters. The molecule has 7 rings (SSSR count). The largest absolute Gasteiger partial charge is 0.478 e. The summed E-state index contributed by atoms with van der Waals surface area (Å²) in [6.45, 7) is 4.51. The highest BCUT2D eigenvalue weighted by Gasteiger charge is 2.29. The molecule has 46 heavy (non-hydrogen) atoms. The van der Waals surface area contributed by atoms with E-state index in [-0.39, 0.29) is 11.7 Å². The number of carboxylic acid groups (broad SMARTS) is 1. The summed E-state index contributed by atoms with van der Waals surface area (Å²) in [6, 6.07) is 17.7. The summed E-state index contributed by atoms with van der Waals surface area (Å²) in [5, 5.41) is 12.9. The summed E-state index contributed by atoms with van der Waals surface area (Å²) in [4.78, 5) is 28.5. The van der Waals surface area contributed by atoms with E-state index in [0.29, 0.717) is 37.4 Å². The number of aromatic carboxylic acids is 1. The van der Waals surface area contributed by atoms with Crippen molar-refractivity contribution in [2.24, 2.45) is 10.9 Å². The second-order valence-electron chi connectivity index (χ2n) is 12.7. The lowest BCUT2D eigenvalue weighted by molar-refractivity contribution is -0.0592. The van der Waals surface area contributed by atoms with Crippen molar-refractivity contribution in [1.29, 1.82) is 0 Å². The van der Waals surface area contributed by atoms with E-state index in [0.717, 1.165) is 72.8 Å². The smallest absolute Gasteiger partial charge is 0.335 e. The Bertz CT molecular complexity index is 1750. The third kappa shape index (κ3) is 6.50. The number of nitrogens with one attached hydrogen (secondary N) is 1. The summed E-state index contributed by atoms with van der Waals surface area (Å²) in [6.07, 6.45) is 5.60. The number of rotatable bonds is 12. The monoisotopic (exact) mass is 622 g/mol. The molecule has 1 saturated carbocycles. The molecule has 2 N–H and O–H groups in total. The SMILES string of the molecule is C/N=C(/c1ccc(COc2cccc(C3CCN(Cc4nc5ccc(C(=O)O)cc5n4CC4CCO4)CC3)n2)cc1NC)C1CC1. The van der Waals surface area contributed by atoms with Crippen molar-refractivity contribution in [2.45, 2.75) is 63.8 Å². The Labute approximate surface area is 269 Å². The van der Waals surface area contributed by atoms with Gasteiger partial charge in [-0.3, -0.25) is 9.89 Å². The van der Waals surface area contributed by atoms with Crippen LogP contribution in [0.5, 0.6) is 5.88 Å². The summed E-state index contributed by atoms with van der Waals surface area (Å²) in [7, 11) is 3.84. The fourth-order valence-electron chi connectivity index (χ4n) is 6.74. The number of fused-ring (bicyclic) bond motifs is 1. The van der Waals surface area contributed by atoms with Gasteiger partial charge in [0.15, 0.2) is 0 Å². The van der Waals surface area contributed by atoms with Crippen LogP contribution in [0.2, 0.25) is 0 Å². The van der Waals surface area contributed by atoms with Gasteiger partial charge in [-0.15, -0.1) is 0 Å². The maximum absolute atomic E-state index is 11.6. The average molecular weight is 623 g/mol. The number of ether oxygens (including phenoxy) is 2. The molecule has 2 aromatic heterocycles. The summed E-state index contributed by atoms with van der Waals surface area (Å²) >= 11 is 0. The van der Waals surface area contributed by atoms with Crippen molar-refractivity contribution in [3.63, 3.8) is 0 Å². The standard InChI is InChI=1S/C36H42N6O4/c1-37-31-18-23(6-10-28(31)35(38-2)25-7-8-25)22-46-34-5-3-4-29(40-34)24-12-15-41(16-13-24)21-33-39-30-11-9-26(36(43)44)19-32(30)42(33)20-27-14-17-45-27/h3-6,9-11,18-19,24-25,27,37H,7-8,12-17,20-22H2,1-2H3,(H,43,44)/b38-35+. The third-order valence-corrected chi connectivity index (χ3v) is 9.59. The molecule has 1 aliphatic carbocycles. The van der Waals surface area contributed by atoms with Crippen molar-refractivity contribution in [3.05, 3.63) is 82.8 Å². The number of carboxylic acids is 1. The number of carbonyl (C=O) groups is 1. The number of hydrogen-bond acceptors (Lipinski definition) is 8. The molecule has 4 heterocycles. The second-order valence-corrected chi connectivity index (χ2v) is 12.7. The quantitative estimate of drug-likeness (QED) is 0.192. The van der Waals surface area contributed by atoms with Crippen LogP contribution >= 0.6 is 0 Å². The highest BCUT2D eigenvalue weighted by atomic mass is 16.5. The topological polar surface area (TPSA) is 114 Å². The summed E-state index contributed by atoms with van der Waals surface area (Å²) < 4.78 is 14.1. The van der Waals surface area contributed by atoms with Crippen molar-refractivity contribution >= 4 is 28.4 Å². The molecule has 4 aromatic rings. The molecule has 0 radical (unpaired) electrons. The molecule has 2 saturated heterocycles. The lowest BCUT2D eigenvalue weighted by atomic mass is 9.93. The van der Waals surface area contributed by atoms with Crippen LogP contribution in [-0.4, -0.2) is 76.1 Å². The third-order valence-electron chi connectivity index (χ3n) is 9.59. The number of piperidine rings is 1. The van der Waals surface area contributed by atoms with E-state index in [1.54, 1.807) is 12.1 Å². The Morgan fingerprint density at radius 3 is 2.59 bits per heavy atom. The molecule has 3 aliphatic rings. The first-order chi connectivity index (χ1) is 22.5. The molecule has 0 bridgehead atoms. The van der Waals surface area contributed by atoms with Crippen LogP contribution < -0.4 is 10.1 Å². The highest BCUT2D eigenvalue weighted by molar-refractivity contribution is 6.07. The number of hydrogen-bond donors (Lipinski definition) is 2. The lowest BCUT2D eigenvalue weighted by Gasteiger charge is -2.32. The van der Waals surface area contributed by atoms with Gasteiger partial charge < -0.3 is 24.5 Å². The van der Waals surface area contributed by atoms with Gasteiger partial charge in [-0.05, 0) is 81.1 Å². The van der Waals surface area contributed by atoms with Crippen LogP contribution in [0.25, 0.3) is 11.0 Å². The molecule has 0 amide bonds. The Hall–Kier alpha value is -4.28. The Balaban J connectivity index is 0.981. The van der Waals surface area contributed by atoms with Crippen LogP contribution in [0.1, 0.15) is 71.0 Å². The van der Waals surface area contributed by atoms with E-state index in [9.17, 15) is 9.90 Å². The van der Waals surface area contributed by atoms with Gasteiger partial charge in [0.2, 0.25) is 5.88 Å². The first-order valence-corrected chi connectivity index (χ1v) is 16.4. The van der Waals surface area contributed by atoms with Crippen molar-refractivity contribution < 1.29 is 19.4 Å². The Morgan fingerprint density at radius 2 is 1.89 bits per heavy atom. The lowest BCUT2D eigenvalue weighted by Crippen LogP contribution is -2.35. The Kier molecular flexibility index (Phi) is 8.73. The number of anilines is 1. The predicted octanol–water partition coefficient (Wildman–Crippen LogP) is 5.75. The fraction of sp³-hybridized carbons (Fsp3) is 0.444. The highest BCUT2D eigenvalue weighted by Crippen LogP contribution is 2.36. The second kappa shape index (κ2) is 13.2. The van der Waals surface area contributed by atoms with E-state index in [2.05, 4.69) is 44.0 Å². The molecule has 3 fully saturated rings. The molecule has 10 heteroatoms. The van der Waals surface area contributed by atoms with Gasteiger partial charge in [0.25, 0.3) is 0 Å². The maximum Gasteiger partial charge on any atom is 0.335 e. The molecular weight excluding hydrogens is 580 g/mol. The van der Waals surface area contributed by atoms with Crippen molar-refractivity contribution in [1.82, 2.24) is 19.4 Å². The zero-order chi connectivity index (χ0) is 31.6. The normalized spacial score (nSPS) is 19.3.